The third kappa shape index (κ3) is 9.40. The van der Waals surface area contributed by atoms with Crippen molar-refractivity contribution in [3.8, 4) is 0 Å². The van der Waals surface area contributed by atoms with E-state index in [0.717, 1.165) is 0 Å². The maximum atomic E-state index is 0. The van der Waals surface area contributed by atoms with Gasteiger partial charge >= 0.3 is 51.7 Å². The maximum absolute atomic E-state index is 0. The first-order valence-electron chi connectivity index (χ1n) is 0. The van der Waals surface area contributed by atoms with Crippen LogP contribution < -0.4 is 0 Å². The topological polar surface area (TPSA) is 57.0 Å². The van der Waals surface area contributed by atoms with E-state index in [1.54, 1.807) is 0 Å². The minimum Gasteiger partial charge on any atom is -2.00 e. The van der Waals surface area contributed by atoms with Crippen LogP contribution in [0.15, 0.2) is 0 Å². The van der Waals surface area contributed by atoms with Gasteiger partial charge in [-0.1, -0.05) is 0 Å². The van der Waals surface area contributed by atoms with Crippen molar-refractivity contribution in [1.29, 1.82) is 0 Å². The van der Waals surface area contributed by atoms with Gasteiger partial charge in [-0.2, -0.15) is 0 Å². The molecular formula is HfInO2+3. The van der Waals surface area contributed by atoms with Crippen molar-refractivity contribution in [2.24, 2.45) is 0 Å². The van der Waals surface area contributed by atoms with E-state index in [4.69, 9.17) is 0 Å². The summed E-state index contributed by atoms with van der Waals surface area (Å²) in [5.74, 6) is 0. The molecule has 0 atom stereocenters. The average molecular weight is 325 g/mol. The molecule has 0 heterocycles. The Balaban J connectivity index is 0. The van der Waals surface area contributed by atoms with Crippen LogP contribution in [0.25, 0.3) is 0 Å². The molecule has 0 aliphatic heterocycles. The molecule has 0 aliphatic carbocycles. The second kappa shape index (κ2) is 22.7. The van der Waals surface area contributed by atoms with Gasteiger partial charge in [-0.15, -0.1) is 0 Å². The van der Waals surface area contributed by atoms with Gasteiger partial charge in [0, 0.05) is 0 Å². The van der Waals surface area contributed by atoms with Crippen molar-refractivity contribution in [3.63, 3.8) is 0 Å². The monoisotopic (exact) mass is 327 g/mol. The summed E-state index contributed by atoms with van der Waals surface area (Å²) in [4.78, 5) is 0. The predicted molar refractivity (Wildman–Crippen MR) is 7.13 cm³/mol. The van der Waals surface area contributed by atoms with Gasteiger partial charge in [-0.05, 0) is 0 Å². The van der Waals surface area contributed by atoms with Gasteiger partial charge in [0.1, 0.15) is 0 Å². The van der Waals surface area contributed by atoms with Gasteiger partial charge in [0.2, 0.25) is 0 Å². The molecule has 0 aromatic rings. The molecule has 0 unspecified atom stereocenters. The van der Waals surface area contributed by atoms with E-state index in [1.165, 1.54) is 0 Å². The van der Waals surface area contributed by atoms with E-state index >= 15 is 0 Å². The molecule has 0 saturated heterocycles. The molecular weight excluding hydrogens is 325 g/mol. The first-order chi connectivity index (χ1) is 0. The molecule has 2 nitrogen and oxygen atoms in total. The van der Waals surface area contributed by atoms with E-state index in [0.29, 0.717) is 0 Å². The van der Waals surface area contributed by atoms with Crippen LogP contribution in [-0.4, -0.2) is 25.8 Å². The van der Waals surface area contributed by atoms with Crippen LogP contribution in [-0.2, 0) is 36.8 Å². The van der Waals surface area contributed by atoms with E-state index in [1.807, 2.05) is 0 Å². The molecule has 16 valence electrons. The smallest absolute Gasteiger partial charge is 2.00 e. The van der Waals surface area contributed by atoms with Gasteiger partial charge in [0.05, 0.1) is 0 Å². The Hall–Kier alpha value is 1.66. The molecule has 0 rings (SSSR count). The summed E-state index contributed by atoms with van der Waals surface area (Å²) in [6, 6.07) is 0. The van der Waals surface area contributed by atoms with Crippen LogP contribution in [0.5, 0.6) is 0 Å². The zero-order valence-corrected chi connectivity index (χ0v) is 8.78. The zero-order valence-electron chi connectivity index (χ0n) is 1.89. The Kier molecular flexibility index (Phi) is 253. The summed E-state index contributed by atoms with van der Waals surface area (Å²) < 4.78 is 0. The van der Waals surface area contributed by atoms with Crippen molar-refractivity contribution < 1.29 is 36.8 Å². The number of hydrogen-bond donors (Lipinski definition) is 0. The van der Waals surface area contributed by atoms with Gasteiger partial charge in [0.25, 0.3) is 0 Å². The van der Waals surface area contributed by atoms with E-state index in [2.05, 4.69) is 0 Å². The van der Waals surface area contributed by atoms with Crippen LogP contribution >= 0.6 is 0 Å². The van der Waals surface area contributed by atoms with Crippen molar-refractivity contribution in [2.75, 3.05) is 0 Å². The van der Waals surface area contributed by atoms with E-state index < -0.39 is 0 Å². The third-order valence-electron chi connectivity index (χ3n) is 0. The van der Waals surface area contributed by atoms with Crippen molar-refractivity contribution >= 4 is 25.8 Å². The summed E-state index contributed by atoms with van der Waals surface area (Å²) in [5, 5.41) is 0. The van der Waals surface area contributed by atoms with Crippen LogP contribution in [0, 0.1) is 0 Å². The fourth-order valence-electron chi connectivity index (χ4n) is 0. The van der Waals surface area contributed by atoms with Crippen LogP contribution in [0.4, 0.5) is 0 Å². The van der Waals surface area contributed by atoms with Crippen LogP contribution in [0.2, 0.25) is 0 Å². The van der Waals surface area contributed by atoms with Crippen molar-refractivity contribution in [1.82, 2.24) is 0 Å². The maximum Gasteiger partial charge on any atom is 4.00 e. The molecule has 0 aromatic carbocycles. The Bertz CT molecular complexity index is 6.00. The fraction of sp³-hybridized carbons (Fsp3) is 0. The first kappa shape index (κ1) is 44.6. The molecule has 0 spiro atoms. The Morgan fingerprint density at radius 2 is 0.750 bits per heavy atom. The van der Waals surface area contributed by atoms with E-state index in [-0.39, 0.29) is 62.6 Å². The predicted octanol–water partition coefficient (Wildman–Crippen LogP) is -0.621. The van der Waals surface area contributed by atoms with Crippen LogP contribution in [0.1, 0.15) is 0 Å². The molecule has 0 aromatic heterocycles. The average Bonchev–Trinajstić information content (AvgIpc) is 0. The SMILES string of the molecule is [Hf+4].[In+3].[O-2].[O-2]. The second-order valence-corrected chi connectivity index (χ2v) is 0. The molecule has 0 fully saturated rings. The summed E-state index contributed by atoms with van der Waals surface area (Å²) in [6.07, 6.45) is 0. The normalized spacial score (nSPS) is 0. The fourth-order valence-corrected chi connectivity index (χ4v) is 0. The van der Waals surface area contributed by atoms with Gasteiger partial charge < -0.3 is 11.0 Å². The minimum absolute atomic E-state index is 0. The summed E-state index contributed by atoms with van der Waals surface area (Å²) in [7, 11) is 0. The van der Waals surface area contributed by atoms with Crippen molar-refractivity contribution in [2.45, 2.75) is 0 Å². The molecule has 0 bridgehead atoms. The van der Waals surface area contributed by atoms with Gasteiger partial charge in [0.15, 0.2) is 0 Å². The molecule has 0 aliphatic rings. The molecule has 4 heavy (non-hydrogen) atoms. The van der Waals surface area contributed by atoms with Gasteiger partial charge in [-0.3, -0.25) is 0 Å². The van der Waals surface area contributed by atoms with Crippen LogP contribution in [0.3, 0.4) is 0 Å². The first-order valence-corrected chi connectivity index (χ1v) is 0. The van der Waals surface area contributed by atoms with Gasteiger partial charge in [-0.25, -0.2) is 0 Å². The standard InChI is InChI=1S/Hf.In.2O/q+4;+3;2*-2. The molecule has 4 heteroatoms. The molecule has 0 N–H and O–H groups in total. The number of rotatable bonds is 0. The Labute approximate surface area is 62.1 Å². The summed E-state index contributed by atoms with van der Waals surface area (Å²) in [5.41, 5.74) is 0. The third-order valence-corrected chi connectivity index (χ3v) is 0. The van der Waals surface area contributed by atoms with Crippen molar-refractivity contribution in [3.05, 3.63) is 0 Å². The largest absolute Gasteiger partial charge is 4.00 e. The zero-order chi connectivity index (χ0) is 0. The van der Waals surface area contributed by atoms with E-state index in [9.17, 15) is 0 Å². The molecule has 0 radical (unpaired) electrons. The summed E-state index contributed by atoms with van der Waals surface area (Å²) in [6.45, 7) is 0. The minimum atomic E-state index is 0. The molecule has 0 amide bonds. The Morgan fingerprint density at radius 3 is 0.750 bits per heavy atom. The molecule has 0 saturated carbocycles. The number of hydrogen-bond acceptors (Lipinski definition) is 0. The quantitative estimate of drug-likeness (QED) is 0.533. The second-order valence-electron chi connectivity index (χ2n) is 0. The summed E-state index contributed by atoms with van der Waals surface area (Å²) >= 11 is 0. The Morgan fingerprint density at radius 1 is 0.750 bits per heavy atom.